The summed E-state index contributed by atoms with van der Waals surface area (Å²) in [5, 5.41) is 0. The normalized spacial score (nSPS) is 13.0. The highest BCUT2D eigenvalue weighted by atomic mass is 79.9. The predicted molar refractivity (Wildman–Crippen MR) is 47.0 cm³/mol. The Balaban J connectivity index is 3.01. The Morgan fingerprint density at radius 2 is 2.17 bits per heavy atom. The van der Waals surface area contributed by atoms with Crippen molar-refractivity contribution in [2.75, 3.05) is 6.67 Å². The third-order valence-electron chi connectivity index (χ3n) is 1.53. The summed E-state index contributed by atoms with van der Waals surface area (Å²) in [6.07, 6.45) is 0. The van der Waals surface area contributed by atoms with Crippen LogP contribution in [0.4, 0.5) is 8.78 Å². The van der Waals surface area contributed by atoms with Crippen molar-refractivity contribution in [2.45, 2.75) is 6.04 Å². The average molecular weight is 236 g/mol. The lowest BCUT2D eigenvalue weighted by molar-refractivity contribution is 0.426. The van der Waals surface area contributed by atoms with Gasteiger partial charge < -0.3 is 5.73 Å². The van der Waals surface area contributed by atoms with Crippen LogP contribution in [0.15, 0.2) is 22.7 Å². The van der Waals surface area contributed by atoms with Crippen molar-refractivity contribution in [3.05, 3.63) is 34.1 Å². The molecule has 12 heavy (non-hydrogen) atoms. The first-order chi connectivity index (χ1) is 5.65. The van der Waals surface area contributed by atoms with Gasteiger partial charge in [0.25, 0.3) is 0 Å². The first kappa shape index (κ1) is 9.61. The molecule has 0 saturated heterocycles. The van der Waals surface area contributed by atoms with Gasteiger partial charge in [-0.25, -0.2) is 8.78 Å². The summed E-state index contributed by atoms with van der Waals surface area (Å²) < 4.78 is 25.7. The van der Waals surface area contributed by atoms with Gasteiger partial charge in [-0.15, -0.1) is 0 Å². The van der Waals surface area contributed by atoms with E-state index in [0.29, 0.717) is 4.47 Å². The summed E-state index contributed by atoms with van der Waals surface area (Å²) in [6.45, 7) is -0.751. The molecule has 1 nitrogen and oxygen atoms in total. The van der Waals surface area contributed by atoms with Crippen molar-refractivity contribution in [1.82, 2.24) is 0 Å². The van der Waals surface area contributed by atoms with Crippen LogP contribution in [0, 0.1) is 5.82 Å². The maximum Gasteiger partial charge on any atom is 0.129 e. The van der Waals surface area contributed by atoms with Gasteiger partial charge in [0.2, 0.25) is 0 Å². The number of benzene rings is 1. The van der Waals surface area contributed by atoms with E-state index in [4.69, 9.17) is 5.73 Å². The highest BCUT2D eigenvalue weighted by Crippen LogP contribution is 2.19. The molecule has 1 atom stereocenters. The molecule has 0 radical (unpaired) electrons. The lowest BCUT2D eigenvalue weighted by Gasteiger charge is -2.08. The van der Waals surface area contributed by atoms with E-state index in [-0.39, 0.29) is 5.56 Å². The third kappa shape index (κ3) is 2.01. The molecule has 0 amide bonds. The lowest BCUT2D eigenvalue weighted by Crippen LogP contribution is -2.13. The summed E-state index contributed by atoms with van der Waals surface area (Å²) in [5.74, 6) is -0.477. The fourth-order valence-corrected chi connectivity index (χ4v) is 1.22. The molecule has 0 bridgehead atoms. The zero-order valence-electron chi connectivity index (χ0n) is 6.23. The second-order valence-electron chi connectivity index (χ2n) is 2.43. The molecule has 0 aromatic heterocycles. The first-order valence-corrected chi connectivity index (χ1v) is 4.21. The number of alkyl halides is 1. The Morgan fingerprint density at radius 1 is 1.50 bits per heavy atom. The summed E-state index contributed by atoms with van der Waals surface area (Å²) in [5.41, 5.74) is 5.52. The fraction of sp³-hybridized carbons (Fsp3) is 0.250. The molecular formula is C8H8BrF2N. The topological polar surface area (TPSA) is 26.0 Å². The van der Waals surface area contributed by atoms with Gasteiger partial charge in [0.1, 0.15) is 12.5 Å². The second-order valence-corrected chi connectivity index (χ2v) is 3.34. The maximum absolute atomic E-state index is 13.0. The summed E-state index contributed by atoms with van der Waals surface area (Å²) in [7, 11) is 0. The van der Waals surface area contributed by atoms with E-state index >= 15 is 0 Å². The molecular weight excluding hydrogens is 228 g/mol. The van der Waals surface area contributed by atoms with E-state index in [1.54, 1.807) is 6.07 Å². The van der Waals surface area contributed by atoms with Crippen molar-refractivity contribution in [3.8, 4) is 0 Å². The molecule has 0 aliphatic carbocycles. The van der Waals surface area contributed by atoms with Crippen LogP contribution in [-0.2, 0) is 0 Å². The van der Waals surface area contributed by atoms with E-state index in [2.05, 4.69) is 15.9 Å². The van der Waals surface area contributed by atoms with Crippen LogP contribution in [0.3, 0.4) is 0 Å². The molecule has 0 spiro atoms. The zero-order chi connectivity index (χ0) is 9.14. The molecule has 0 fully saturated rings. The number of halogens is 3. The Labute approximate surface area is 77.7 Å². The minimum Gasteiger partial charge on any atom is -0.322 e. The van der Waals surface area contributed by atoms with Gasteiger partial charge in [-0.2, -0.15) is 0 Å². The third-order valence-corrected chi connectivity index (χ3v) is 2.02. The van der Waals surface area contributed by atoms with Crippen LogP contribution in [-0.4, -0.2) is 6.67 Å². The molecule has 0 aliphatic rings. The minimum absolute atomic E-state index is 0.209. The Bertz CT molecular complexity index is 278. The Hall–Kier alpha value is -0.480. The molecule has 66 valence electrons. The van der Waals surface area contributed by atoms with Gasteiger partial charge in [-0.1, -0.05) is 22.0 Å². The molecule has 0 aliphatic heterocycles. The fourth-order valence-electron chi connectivity index (χ4n) is 0.885. The lowest BCUT2D eigenvalue weighted by atomic mass is 10.1. The van der Waals surface area contributed by atoms with Crippen LogP contribution in [0.5, 0.6) is 0 Å². The Kier molecular flexibility index (Phi) is 3.17. The number of nitrogens with two attached hydrogens (primary N) is 1. The van der Waals surface area contributed by atoms with E-state index in [1.165, 1.54) is 12.1 Å². The molecule has 1 rings (SSSR count). The first-order valence-electron chi connectivity index (χ1n) is 3.41. The summed E-state index contributed by atoms with van der Waals surface area (Å²) >= 11 is 3.09. The van der Waals surface area contributed by atoms with Gasteiger partial charge in [-0.05, 0) is 12.1 Å². The van der Waals surface area contributed by atoms with E-state index in [1.807, 2.05) is 0 Å². The van der Waals surface area contributed by atoms with Crippen LogP contribution >= 0.6 is 15.9 Å². The number of rotatable bonds is 2. The van der Waals surface area contributed by atoms with Crippen molar-refractivity contribution < 1.29 is 8.78 Å². The van der Waals surface area contributed by atoms with Gasteiger partial charge in [-0.3, -0.25) is 0 Å². The van der Waals surface area contributed by atoms with Gasteiger partial charge in [0, 0.05) is 10.0 Å². The van der Waals surface area contributed by atoms with Gasteiger partial charge >= 0.3 is 0 Å². The predicted octanol–water partition coefficient (Wildman–Crippen LogP) is 2.56. The quantitative estimate of drug-likeness (QED) is 0.838. The second kappa shape index (κ2) is 3.96. The molecule has 0 saturated carbocycles. The van der Waals surface area contributed by atoms with Gasteiger partial charge in [0.05, 0.1) is 6.04 Å². The van der Waals surface area contributed by atoms with E-state index in [0.717, 1.165) is 0 Å². The highest BCUT2D eigenvalue weighted by molar-refractivity contribution is 9.10. The summed E-state index contributed by atoms with van der Waals surface area (Å²) in [4.78, 5) is 0. The molecule has 4 heteroatoms. The van der Waals surface area contributed by atoms with Crippen LogP contribution < -0.4 is 5.73 Å². The smallest absolute Gasteiger partial charge is 0.129 e. The Morgan fingerprint density at radius 3 is 2.67 bits per heavy atom. The monoisotopic (exact) mass is 235 g/mol. The van der Waals surface area contributed by atoms with Crippen LogP contribution in [0.2, 0.25) is 0 Å². The largest absolute Gasteiger partial charge is 0.322 e. The van der Waals surface area contributed by atoms with E-state index < -0.39 is 18.5 Å². The van der Waals surface area contributed by atoms with Crippen molar-refractivity contribution >= 4 is 15.9 Å². The standard InChI is InChI=1S/C8H8BrF2N/c9-5-1-2-6(7(11)3-5)8(12)4-10/h1-3,8H,4,12H2. The van der Waals surface area contributed by atoms with Gasteiger partial charge in [0.15, 0.2) is 0 Å². The minimum atomic E-state index is -0.863. The zero-order valence-corrected chi connectivity index (χ0v) is 7.81. The van der Waals surface area contributed by atoms with Crippen LogP contribution in [0.25, 0.3) is 0 Å². The van der Waals surface area contributed by atoms with Crippen molar-refractivity contribution in [2.24, 2.45) is 5.73 Å². The summed E-state index contributed by atoms with van der Waals surface area (Å²) in [6, 6.07) is 3.51. The molecule has 1 unspecified atom stereocenters. The molecule has 2 N–H and O–H groups in total. The molecule has 0 heterocycles. The van der Waals surface area contributed by atoms with E-state index in [9.17, 15) is 8.78 Å². The maximum atomic E-state index is 13.0. The SMILES string of the molecule is NC(CF)c1ccc(Br)cc1F. The number of hydrogen-bond acceptors (Lipinski definition) is 1. The number of hydrogen-bond donors (Lipinski definition) is 1. The molecule has 1 aromatic carbocycles. The average Bonchev–Trinajstić information content (AvgIpc) is 2.03. The highest BCUT2D eigenvalue weighted by Gasteiger charge is 2.10. The van der Waals surface area contributed by atoms with Crippen LogP contribution in [0.1, 0.15) is 11.6 Å². The van der Waals surface area contributed by atoms with Crippen molar-refractivity contribution in [1.29, 1.82) is 0 Å². The molecule has 1 aromatic rings. The van der Waals surface area contributed by atoms with Crippen molar-refractivity contribution in [3.63, 3.8) is 0 Å².